The second-order valence-corrected chi connectivity index (χ2v) is 7.41. The summed E-state index contributed by atoms with van der Waals surface area (Å²) in [6, 6.07) is 5.74. The highest BCUT2D eigenvalue weighted by molar-refractivity contribution is 5.98. The van der Waals surface area contributed by atoms with Crippen molar-refractivity contribution in [2.75, 3.05) is 6.54 Å². The van der Waals surface area contributed by atoms with Crippen LogP contribution in [0, 0.1) is 12.7 Å². The van der Waals surface area contributed by atoms with Crippen molar-refractivity contribution >= 4 is 5.91 Å². The molecule has 0 spiro atoms. The van der Waals surface area contributed by atoms with Gasteiger partial charge in [0.1, 0.15) is 11.6 Å². The summed E-state index contributed by atoms with van der Waals surface area (Å²) in [5, 5.41) is 2.78. The molecule has 31 heavy (non-hydrogen) atoms. The maximum absolute atomic E-state index is 13.9. The SMILES string of the molecule is Cc1nc(-c2nccc3c2CCNC3=O)cc([C@H](C)c2cc(F)cc(C(F)(F)F)c2)n1. The molecule has 5 nitrogen and oxygen atoms in total. The van der Waals surface area contributed by atoms with Gasteiger partial charge >= 0.3 is 6.18 Å². The van der Waals surface area contributed by atoms with E-state index in [1.54, 1.807) is 26.0 Å². The second kappa shape index (κ2) is 7.72. The number of benzene rings is 1. The minimum atomic E-state index is -4.66. The lowest BCUT2D eigenvalue weighted by Gasteiger charge is -2.20. The fraction of sp³-hybridized carbons (Fsp3) is 0.273. The summed E-state index contributed by atoms with van der Waals surface area (Å²) < 4.78 is 53.3. The summed E-state index contributed by atoms with van der Waals surface area (Å²) in [4.78, 5) is 25.3. The predicted molar refractivity (Wildman–Crippen MR) is 105 cm³/mol. The Balaban J connectivity index is 1.79. The quantitative estimate of drug-likeness (QED) is 0.624. The summed E-state index contributed by atoms with van der Waals surface area (Å²) in [6.45, 7) is 3.79. The number of aryl methyl sites for hydroxylation is 1. The Morgan fingerprint density at radius 1 is 1.13 bits per heavy atom. The van der Waals surface area contributed by atoms with E-state index in [4.69, 9.17) is 0 Å². The Hall–Kier alpha value is -3.36. The van der Waals surface area contributed by atoms with Crippen molar-refractivity contribution in [1.29, 1.82) is 0 Å². The Morgan fingerprint density at radius 2 is 1.90 bits per heavy atom. The molecule has 2 aromatic heterocycles. The number of hydrogen-bond acceptors (Lipinski definition) is 4. The lowest BCUT2D eigenvalue weighted by atomic mass is 9.93. The first-order valence-electron chi connectivity index (χ1n) is 9.63. The standard InChI is InChI=1S/C22H18F4N4O/c1-11(13-7-14(22(24,25)26)9-15(23)8-13)18-10-19(30-12(2)29-18)20-16-3-6-28-21(31)17(16)4-5-27-20/h4-5,7-11H,3,6H2,1-2H3,(H,28,31)/t11-/m1/s1. The second-order valence-electron chi connectivity index (χ2n) is 7.41. The van der Waals surface area contributed by atoms with Gasteiger partial charge in [-0.15, -0.1) is 0 Å². The fourth-order valence-electron chi connectivity index (χ4n) is 3.71. The monoisotopic (exact) mass is 430 g/mol. The molecular weight excluding hydrogens is 412 g/mol. The molecule has 0 bridgehead atoms. The number of nitrogens with one attached hydrogen (secondary N) is 1. The van der Waals surface area contributed by atoms with E-state index in [1.807, 2.05) is 0 Å². The number of alkyl halides is 3. The predicted octanol–water partition coefficient (Wildman–Crippen LogP) is 4.44. The molecule has 3 aromatic rings. The number of halogens is 4. The van der Waals surface area contributed by atoms with Crippen molar-refractivity contribution in [1.82, 2.24) is 20.3 Å². The molecule has 4 rings (SSSR count). The van der Waals surface area contributed by atoms with Gasteiger partial charge in [-0.25, -0.2) is 14.4 Å². The van der Waals surface area contributed by atoms with Gasteiger partial charge in [0.05, 0.1) is 22.6 Å². The van der Waals surface area contributed by atoms with Crippen LogP contribution < -0.4 is 5.32 Å². The van der Waals surface area contributed by atoms with Crippen LogP contribution in [0.15, 0.2) is 36.5 Å². The molecule has 1 aliphatic heterocycles. The number of carbonyl (C=O) groups is 1. The molecule has 0 aliphatic carbocycles. The summed E-state index contributed by atoms with van der Waals surface area (Å²) in [7, 11) is 0. The smallest absolute Gasteiger partial charge is 0.352 e. The van der Waals surface area contributed by atoms with E-state index in [1.165, 1.54) is 6.20 Å². The van der Waals surface area contributed by atoms with E-state index in [-0.39, 0.29) is 11.5 Å². The minimum Gasteiger partial charge on any atom is -0.352 e. The van der Waals surface area contributed by atoms with Crippen molar-refractivity contribution in [3.8, 4) is 11.4 Å². The maximum atomic E-state index is 13.9. The van der Waals surface area contributed by atoms with Crippen molar-refractivity contribution in [3.05, 3.63) is 76.1 Å². The van der Waals surface area contributed by atoms with E-state index in [0.29, 0.717) is 47.5 Å². The molecule has 1 aliphatic rings. The molecule has 0 saturated heterocycles. The molecule has 0 saturated carbocycles. The van der Waals surface area contributed by atoms with E-state index in [9.17, 15) is 22.4 Å². The van der Waals surface area contributed by atoms with Crippen LogP contribution in [0.3, 0.4) is 0 Å². The first-order valence-corrected chi connectivity index (χ1v) is 9.63. The molecular formula is C22H18F4N4O. The highest BCUT2D eigenvalue weighted by atomic mass is 19.4. The normalized spacial score (nSPS) is 14.7. The Morgan fingerprint density at radius 3 is 2.65 bits per heavy atom. The molecule has 1 aromatic carbocycles. The molecule has 3 heterocycles. The third kappa shape index (κ3) is 4.12. The van der Waals surface area contributed by atoms with Crippen LogP contribution in [-0.2, 0) is 12.6 Å². The number of nitrogens with zero attached hydrogens (tertiary/aromatic N) is 3. The first-order chi connectivity index (χ1) is 14.6. The van der Waals surface area contributed by atoms with Crippen LogP contribution >= 0.6 is 0 Å². The lowest BCUT2D eigenvalue weighted by molar-refractivity contribution is -0.137. The van der Waals surface area contributed by atoms with Crippen LogP contribution in [0.5, 0.6) is 0 Å². The highest BCUT2D eigenvalue weighted by Gasteiger charge is 2.32. The lowest BCUT2D eigenvalue weighted by Crippen LogP contribution is -2.32. The van der Waals surface area contributed by atoms with Crippen LogP contribution in [0.4, 0.5) is 17.6 Å². The summed E-state index contributed by atoms with van der Waals surface area (Å²) >= 11 is 0. The zero-order valence-corrected chi connectivity index (χ0v) is 16.7. The molecule has 0 unspecified atom stereocenters. The molecule has 1 atom stereocenters. The van der Waals surface area contributed by atoms with Crippen molar-refractivity contribution in [2.45, 2.75) is 32.4 Å². The molecule has 0 radical (unpaired) electrons. The van der Waals surface area contributed by atoms with Gasteiger partial charge in [0, 0.05) is 24.2 Å². The number of amides is 1. The van der Waals surface area contributed by atoms with Gasteiger partial charge in [-0.3, -0.25) is 9.78 Å². The molecule has 1 N–H and O–H groups in total. The van der Waals surface area contributed by atoms with Crippen molar-refractivity contribution < 1.29 is 22.4 Å². The van der Waals surface area contributed by atoms with E-state index < -0.39 is 23.5 Å². The minimum absolute atomic E-state index is 0.152. The maximum Gasteiger partial charge on any atom is 0.416 e. The number of hydrogen-bond donors (Lipinski definition) is 1. The third-order valence-electron chi connectivity index (χ3n) is 5.25. The number of fused-ring (bicyclic) bond motifs is 1. The molecule has 9 heteroatoms. The third-order valence-corrected chi connectivity index (χ3v) is 5.25. The van der Waals surface area contributed by atoms with Gasteiger partial charge in [0.2, 0.25) is 0 Å². The summed E-state index contributed by atoms with van der Waals surface area (Å²) in [5.41, 5.74) is 1.80. The Labute approximate surface area is 175 Å². The van der Waals surface area contributed by atoms with Crippen LogP contribution in [-0.4, -0.2) is 27.4 Å². The average Bonchev–Trinajstić information content (AvgIpc) is 2.71. The van der Waals surface area contributed by atoms with Gasteiger partial charge in [-0.05, 0) is 54.8 Å². The zero-order valence-electron chi connectivity index (χ0n) is 16.7. The van der Waals surface area contributed by atoms with E-state index >= 15 is 0 Å². The van der Waals surface area contributed by atoms with E-state index in [2.05, 4.69) is 20.3 Å². The topological polar surface area (TPSA) is 67.8 Å². The zero-order chi connectivity index (χ0) is 22.3. The Kier molecular flexibility index (Phi) is 5.20. The number of carbonyl (C=O) groups excluding carboxylic acids is 1. The largest absolute Gasteiger partial charge is 0.416 e. The van der Waals surface area contributed by atoms with Crippen LogP contribution in [0.2, 0.25) is 0 Å². The van der Waals surface area contributed by atoms with Gasteiger partial charge in [0.25, 0.3) is 5.91 Å². The Bertz CT molecular complexity index is 1180. The number of aromatic nitrogens is 3. The molecule has 0 fully saturated rings. The number of rotatable bonds is 3. The molecule has 160 valence electrons. The molecule has 1 amide bonds. The number of pyridine rings is 1. The average molecular weight is 430 g/mol. The summed E-state index contributed by atoms with van der Waals surface area (Å²) in [6.07, 6.45) is -2.56. The summed E-state index contributed by atoms with van der Waals surface area (Å²) in [5.74, 6) is -1.39. The van der Waals surface area contributed by atoms with Crippen LogP contribution in [0.1, 0.15) is 51.4 Å². The van der Waals surface area contributed by atoms with Gasteiger partial charge in [0.15, 0.2) is 0 Å². The van der Waals surface area contributed by atoms with E-state index in [0.717, 1.165) is 17.7 Å². The highest BCUT2D eigenvalue weighted by Crippen LogP contribution is 2.34. The van der Waals surface area contributed by atoms with Crippen molar-refractivity contribution in [2.24, 2.45) is 0 Å². The van der Waals surface area contributed by atoms with Crippen LogP contribution in [0.25, 0.3) is 11.4 Å². The van der Waals surface area contributed by atoms with Gasteiger partial charge in [-0.1, -0.05) is 6.92 Å². The fourth-order valence-corrected chi connectivity index (χ4v) is 3.71. The van der Waals surface area contributed by atoms with Crippen molar-refractivity contribution in [3.63, 3.8) is 0 Å². The van der Waals surface area contributed by atoms with Gasteiger partial charge in [-0.2, -0.15) is 13.2 Å². The first kappa shape index (κ1) is 20.9. The van der Waals surface area contributed by atoms with Gasteiger partial charge < -0.3 is 5.32 Å².